The standard InChI is InChI=1S/C20H37NO16/c1-2-32-20(30)16(29)15(36-17-13(28)11(26)9(24)7(5-22)33-17)19(37-20)35-14-12(27)10(25)8(6-23)34-18(14)31-4-3-21/h7-19,22-30H,2-6,21H2,1H3/t7?,8-,9-,10-,11?,12?,13?,14?,15?,16?,17+,18+,19+,20-/m1/s1. The molecule has 0 amide bonds. The number of aliphatic hydroxyl groups excluding tert-OH is 8. The van der Waals surface area contributed by atoms with Gasteiger partial charge in [-0.05, 0) is 6.92 Å². The normalized spacial score (nSPS) is 48.9. The summed E-state index contributed by atoms with van der Waals surface area (Å²) in [6, 6.07) is 0. The Morgan fingerprint density at radius 3 is 1.89 bits per heavy atom. The summed E-state index contributed by atoms with van der Waals surface area (Å²) in [5.41, 5.74) is 5.45. The summed E-state index contributed by atoms with van der Waals surface area (Å²) < 4.78 is 37.9. The van der Waals surface area contributed by atoms with E-state index in [1.165, 1.54) is 6.92 Å². The van der Waals surface area contributed by atoms with Crippen molar-refractivity contribution in [2.24, 2.45) is 5.73 Å². The Morgan fingerprint density at radius 1 is 0.757 bits per heavy atom. The molecule has 0 radical (unpaired) electrons. The fourth-order valence-corrected chi connectivity index (χ4v) is 4.24. The van der Waals surface area contributed by atoms with Gasteiger partial charge in [-0.25, -0.2) is 0 Å². The summed E-state index contributed by atoms with van der Waals surface area (Å²) >= 11 is 0. The summed E-state index contributed by atoms with van der Waals surface area (Å²) in [6.45, 7) is -0.127. The molecule has 17 nitrogen and oxygen atoms in total. The number of ether oxygens (including phenoxy) is 7. The zero-order valence-corrected chi connectivity index (χ0v) is 20.0. The smallest absolute Gasteiger partial charge is 0.313 e. The molecular formula is C20H37NO16. The molecule has 3 fully saturated rings. The van der Waals surface area contributed by atoms with Crippen molar-refractivity contribution in [3.63, 3.8) is 0 Å². The van der Waals surface area contributed by atoms with E-state index >= 15 is 0 Å². The van der Waals surface area contributed by atoms with Crippen LogP contribution < -0.4 is 5.73 Å². The van der Waals surface area contributed by atoms with Gasteiger partial charge in [0.25, 0.3) is 0 Å². The van der Waals surface area contributed by atoms with Gasteiger partial charge in [-0.2, -0.15) is 0 Å². The first-order valence-corrected chi connectivity index (χ1v) is 11.8. The maximum absolute atomic E-state index is 10.8. The maximum atomic E-state index is 10.8. The second-order valence-electron chi connectivity index (χ2n) is 8.76. The molecule has 17 heteroatoms. The van der Waals surface area contributed by atoms with Crippen molar-refractivity contribution in [3.8, 4) is 0 Å². The van der Waals surface area contributed by atoms with E-state index < -0.39 is 99.1 Å². The molecule has 0 spiro atoms. The van der Waals surface area contributed by atoms with Crippen LogP contribution in [0.3, 0.4) is 0 Å². The van der Waals surface area contributed by atoms with Crippen LogP contribution in [0.25, 0.3) is 0 Å². The highest BCUT2D eigenvalue weighted by Crippen LogP contribution is 2.37. The molecule has 0 bridgehead atoms. The Morgan fingerprint density at radius 2 is 1.32 bits per heavy atom. The van der Waals surface area contributed by atoms with E-state index in [1.807, 2.05) is 0 Å². The van der Waals surface area contributed by atoms with E-state index in [-0.39, 0.29) is 19.8 Å². The van der Waals surface area contributed by atoms with Gasteiger partial charge in [0.15, 0.2) is 25.0 Å². The average Bonchev–Trinajstić information content (AvgIpc) is 3.10. The van der Waals surface area contributed by atoms with Gasteiger partial charge in [-0.3, -0.25) is 4.74 Å². The van der Waals surface area contributed by atoms with E-state index in [4.69, 9.17) is 38.9 Å². The van der Waals surface area contributed by atoms with Crippen LogP contribution in [0, 0.1) is 0 Å². The van der Waals surface area contributed by atoms with Crippen LogP contribution in [0.2, 0.25) is 0 Å². The lowest BCUT2D eigenvalue weighted by molar-refractivity contribution is -0.405. The molecule has 7 unspecified atom stereocenters. The van der Waals surface area contributed by atoms with Gasteiger partial charge in [0.05, 0.1) is 19.8 Å². The average molecular weight is 548 g/mol. The van der Waals surface area contributed by atoms with Gasteiger partial charge in [0.1, 0.15) is 54.9 Å². The Labute approximate surface area is 211 Å². The van der Waals surface area contributed by atoms with Gasteiger partial charge < -0.3 is 80.1 Å². The summed E-state index contributed by atoms with van der Waals surface area (Å²) in [4.78, 5) is 0. The topological polar surface area (TPSA) is 273 Å². The lowest BCUT2D eigenvalue weighted by Gasteiger charge is -2.43. The summed E-state index contributed by atoms with van der Waals surface area (Å²) in [5, 5.41) is 91.7. The van der Waals surface area contributed by atoms with Crippen molar-refractivity contribution in [1.29, 1.82) is 0 Å². The van der Waals surface area contributed by atoms with E-state index in [1.54, 1.807) is 0 Å². The van der Waals surface area contributed by atoms with Gasteiger partial charge in [0, 0.05) is 13.2 Å². The molecule has 3 aliphatic heterocycles. The lowest BCUT2D eigenvalue weighted by Crippen LogP contribution is -2.62. The molecule has 14 atom stereocenters. The Bertz CT molecular complexity index is 705. The van der Waals surface area contributed by atoms with Crippen LogP contribution in [0.4, 0.5) is 0 Å². The highest BCUT2D eigenvalue weighted by Gasteiger charge is 2.60. The number of hydrogen-bond acceptors (Lipinski definition) is 17. The molecule has 0 aromatic heterocycles. The number of rotatable bonds is 11. The van der Waals surface area contributed by atoms with Crippen LogP contribution in [-0.2, 0) is 33.2 Å². The summed E-state index contributed by atoms with van der Waals surface area (Å²) in [5.74, 6) is -2.71. The highest BCUT2D eigenvalue weighted by molar-refractivity contribution is 4.95. The van der Waals surface area contributed by atoms with Gasteiger partial charge in [-0.1, -0.05) is 0 Å². The van der Waals surface area contributed by atoms with E-state index in [2.05, 4.69) is 0 Å². The predicted octanol–water partition coefficient (Wildman–Crippen LogP) is -6.63. The van der Waals surface area contributed by atoms with Crippen molar-refractivity contribution in [3.05, 3.63) is 0 Å². The maximum Gasteiger partial charge on any atom is 0.313 e. The first-order chi connectivity index (χ1) is 17.5. The molecule has 3 aliphatic rings. The monoisotopic (exact) mass is 547 g/mol. The molecule has 218 valence electrons. The van der Waals surface area contributed by atoms with Crippen LogP contribution in [-0.4, -0.2) is 165 Å². The fourth-order valence-electron chi connectivity index (χ4n) is 4.24. The molecule has 11 N–H and O–H groups in total. The van der Waals surface area contributed by atoms with Crippen LogP contribution in [0.5, 0.6) is 0 Å². The minimum absolute atomic E-state index is 0.0423. The van der Waals surface area contributed by atoms with Crippen LogP contribution >= 0.6 is 0 Å². The quantitative estimate of drug-likeness (QED) is 0.108. The van der Waals surface area contributed by atoms with Crippen molar-refractivity contribution in [2.75, 3.05) is 33.0 Å². The predicted molar refractivity (Wildman–Crippen MR) is 114 cm³/mol. The van der Waals surface area contributed by atoms with Gasteiger partial charge >= 0.3 is 5.97 Å². The SMILES string of the molecule is CCO[C@@]1(O)O[C@H](OC2C(O)[C@H](O)[C@@H](CO)O[C@@H]2OCCN)C(O[C@@H]2OC(CO)[C@@H](O)C(O)C2O)C1O. The third-order valence-electron chi connectivity index (χ3n) is 6.24. The second-order valence-corrected chi connectivity index (χ2v) is 8.76. The Hall–Kier alpha value is -0.680. The first-order valence-electron chi connectivity index (χ1n) is 11.8. The van der Waals surface area contributed by atoms with Gasteiger partial charge in [-0.15, -0.1) is 0 Å². The van der Waals surface area contributed by atoms with Crippen molar-refractivity contribution in [1.82, 2.24) is 0 Å². The van der Waals surface area contributed by atoms with Crippen molar-refractivity contribution in [2.45, 2.75) is 92.8 Å². The molecule has 37 heavy (non-hydrogen) atoms. The summed E-state index contributed by atoms with van der Waals surface area (Å²) in [6.07, 6.45) is -21.6. The number of aliphatic hydroxyl groups is 9. The Kier molecular flexibility index (Phi) is 10.9. The second kappa shape index (κ2) is 13.1. The van der Waals surface area contributed by atoms with E-state index in [0.29, 0.717) is 0 Å². The third-order valence-corrected chi connectivity index (χ3v) is 6.24. The minimum Gasteiger partial charge on any atom is -0.394 e. The largest absolute Gasteiger partial charge is 0.394 e. The third kappa shape index (κ3) is 6.39. The molecule has 0 aromatic carbocycles. The molecule has 0 saturated carbocycles. The lowest BCUT2D eigenvalue weighted by atomic mass is 9.98. The van der Waals surface area contributed by atoms with E-state index in [9.17, 15) is 46.0 Å². The molecule has 3 saturated heterocycles. The van der Waals surface area contributed by atoms with Gasteiger partial charge in [0.2, 0.25) is 0 Å². The zero-order chi connectivity index (χ0) is 27.5. The van der Waals surface area contributed by atoms with E-state index in [0.717, 1.165) is 0 Å². The summed E-state index contributed by atoms with van der Waals surface area (Å²) in [7, 11) is 0. The zero-order valence-electron chi connectivity index (χ0n) is 20.0. The molecule has 3 rings (SSSR count). The fraction of sp³-hybridized carbons (Fsp3) is 1.00. The number of nitrogens with two attached hydrogens (primary N) is 1. The van der Waals surface area contributed by atoms with Crippen LogP contribution in [0.1, 0.15) is 6.92 Å². The van der Waals surface area contributed by atoms with Crippen molar-refractivity contribution >= 4 is 0 Å². The minimum atomic E-state index is -2.71. The molecular weight excluding hydrogens is 510 g/mol. The van der Waals surface area contributed by atoms with Crippen LogP contribution in [0.15, 0.2) is 0 Å². The molecule has 0 aliphatic carbocycles. The first kappa shape index (κ1) is 30.9. The Balaban J connectivity index is 1.85. The van der Waals surface area contributed by atoms with Crippen molar-refractivity contribution < 1.29 is 79.1 Å². The molecule has 0 aromatic rings. The number of hydrogen-bond donors (Lipinski definition) is 10. The molecule has 3 heterocycles. The highest BCUT2D eigenvalue weighted by atomic mass is 16.9.